The maximum atomic E-state index is 12.7. The van der Waals surface area contributed by atoms with Gasteiger partial charge in [-0.25, -0.2) is 0 Å². The first kappa shape index (κ1) is 19.0. The van der Waals surface area contributed by atoms with Gasteiger partial charge in [0.1, 0.15) is 11.6 Å². The summed E-state index contributed by atoms with van der Waals surface area (Å²) in [6.45, 7) is 3.11. The molecule has 3 aromatic rings. The third-order valence-corrected chi connectivity index (χ3v) is 6.22. The van der Waals surface area contributed by atoms with Gasteiger partial charge in [-0.1, -0.05) is 17.8 Å². The zero-order valence-corrected chi connectivity index (χ0v) is 17.4. The Morgan fingerprint density at radius 1 is 1.27 bits per heavy atom. The van der Waals surface area contributed by atoms with E-state index in [1.54, 1.807) is 6.26 Å². The highest BCUT2D eigenvalue weighted by Crippen LogP contribution is 2.40. The third-order valence-electron chi connectivity index (χ3n) is 5.14. The van der Waals surface area contributed by atoms with Crippen molar-refractivity contribution in [2.75, 3.05) is 6.79 Å². The van der Waals surface area contributed by atoms with Crippen molar-refractivity contribution in [3.63, 3.8) is 0 Å². The molecule has 0 spiro atoms. The number of ether oxygens (including phenoxy) is 2. The highest BCUT2D eigenvalue weighted by atomic mass is 32.2. The van der Waals surface area contributed by atoms with E-state index in [1.807, 2.05) is 37.3 Å². The van der Waals surface area contributed by atoms with Crippen molar-refractivity contribution in [1.82, 2.24) is 20.1 Å². The molecule has 2 aromatic heterocycles. The van der Waals surface area contributed by atoms with Crippen LogP contribution in [0.3, 0.4) is 0 Å². The zero-order chi connectivity index (χ0) is 20.5. The van der Waals surface area contributed by atoms with E-state index in [0.29, 0.717) is 24.8 Å². The van der Waals surface area contributed by atoms with E-state index in [1.165, 1.54) is 11.8 Å². The third kappa shape index (κ3) is 4.02. The maximum absolute atomic E-state index is 12.7. The number of nitrogens with zero attached hydrogens (tertiary/aromatic N) is 3. The van der Waals surface area contributed by atoms with Crippen molar-refractivity contribution >= 4 is 17.7 Å². The smallest absolute Gasteiger partial charge is 0.233 e. The number of amides is 1. The van der Waals surface area contributed by atoms with Crippen molar-refractivity contribution in [1.29, 1.82) is 0 Å². The number of thioether (sulfide) groups is 1. The lowest BCUT2D eigenvalue weighted by Gasteiger charge is -2.13. The van der Waals surface area contributed by atoms with Crippen LogP contribution < -0.4 is 14.8 Å². The molecular weight excluding hydrogens is 404 g/mol. The van der Waals surface area contributed by atoms with E-state index in [0.717, 1.165) is 40.9 Å². The van der Waals surface area contributed by atoms with Gasteiger partial charge in [0.15, 0.2) is 16.7 Å². The predicted octanol–water partition coefficient (Wildman–Crippen LogP) is 3.32. The molecule has 1 aliphatic carbocycles. The molecule has 156 valence electrons. The van der Waals surface area contributed by atoms with Crippen LogP contribution in [0.1, 0.15) is 42.8 Å². The van der Waals surface area contributed by atoms with Crippen molar-refractivity contribution < 1.29 is 18.7 Å². The molecule has 3 heterocycles. The second kappa shape index (κ2) is 8.06. The Morgan fingerprint density at radius 2 is 2.13 bits per heavy atom. The van der Waals surface area contributed by atoms with E-state index in [2.05, 4.69) is 20.1 Å². The van der Waals surface area contributed by atoms with E-state index in [-0.39, 0.29) is 18.0 Å². The number of hydrogen-bond acceptors (Lipinski definition) is 7. The van der Waals surface area contributed by atoms with Gasteiger partial charge in [-0.2, -0.15) is 0 Å². The van der Waals surface area contributed by atoms with Crippen molar-refractivity contribution in [3.8, 4) is 11.5 Å². The monoisotopic (exact) mass is 426 g/mol. The van der Waals surface area contributed by atoms with Crippen LogP contribution in [0.15, 0.2) is 46.2 Å². The minimum Gasteiger partial charge on any atom is -0.467 e. The molecule has 1 fully saturated rings. The minimum atomic E-state index is -0.314. The van der Waals surface area contributed by atoms with Gasteiger partial charge in [-0.3, -0.25) is 9.36 Å². The van der Waals surface area contributed by atoms with Crippen LogP contribution in [0, 0.1) is 0 Å². The van der Waals surface area contributed by atoms with E-state index >= 15 is 0 Å². The van der Waals surface area contributed by atoms with Gasteiger partial charge in [0, 0.05) is 12.5 Å². The van der Waals surface area contributed by atoms with Gasteiger partial charge in [-0.15, -0.1) is 10.2 Å². The number of aromatic nitrogens is 3. The first-order valence-corrected chi connectivity index (χ1v) is 10.8. The topological polar surface area (TPSA) is 91.4 Å². The molecule has 0 radical (unpaired) electrons. The van der Waals surface area contributed by atoms with Crippen LogP contribution in [0.2, 0.25) is 0 Å². The predicted molar refractivity (Wildman–Crippen MR) is 110 cm³/mol. The van der Waals surface area contributed by atoms with Crippen LogP contribution in [-0.4, -0.2) is 32.7 Å². The summed E-state index contributed by atoms with van der Waals surface area (Å²) >= 11 is 1.41. The Morgan fingerprint density at radius 3 is 2.93 bits per heavy atom. The molecule has 5 rings (SSSR count). The van der Waals surface area contributed by atoms with Crippen LogP contribution in [0.25, 0.3) is 0 Å². The number of rotatable bonds is 8. The molecule has 9 heteroatoms. The molecule has 0 unspecified atom stereocenters. The number of fused-ring (bicyclic) bond motifs is 1. The van der Waals surface area contributed by atoms with E-state index in [9.17, 15) is 4.79 Å². The summed E-state index contributed by atoms with van der Waals surface area (Å²) in [4.78, 5) is 12.7. The van der Waals surface area contributed by atoms with E-state index < -0.39 is 0 Å². The van der Waals surface area contributed by atoms with Crippen molar-refractivity contribution in [2.45, 2.75) is 49.2 Å². The van der Waals surface area contributed by atoms with Gasteiger partial charge < -0.3 is 19.2 Å². The Kier molecular flexibility index (Phi) is 5.12. The molecule has 1 aliphatic heterocycles. The summed E-state index contributed by atoms with van der Waals surface area (Å²) in [6.07, 6.45) is 3.93. The van der Waals surface area contributed by atoms with Gasteiger partial charge in [0.05, 0.1) is 18.1 Å². The quantitative estimate of drug-likeness (QED) is 0.553. The maximum Gasteiger partial charge on any atom is 0.233 e. The molecule has 0 saturated heterocycles. The normalized spacial score (nSPS) is 15.9. The number of carbonyl (C=O) groups is 1. The Hall–Kier alpha value is -2.94. The number of carbonyl (C=O) groups excluding carboxylic acids is 1. The standard InChI is InChI=1S/C21H22N4O4S/c1-13(20(26)22-10-14-4-7-17-18(9-14)29-12-28-17)30-21-24-23-19(15-5-6-15)25(21)11-16-3-2-8-27-16/h2-4,7-9,13,15H,5-6,10-12H2,1H3,(H,22,26)/t13-/m0/s1. The van der Waals surface area contributed by atoms with Crippen LogP contribution in [0.4, 0.5) is 0 Å². The first-order chi connectivity index (χ1) is 14.7. The summed E-state index contributed by atoms with van der Waals surface area (Å²) in [6, 6.07) is 9.48. The summed E-state index contributed by atoms with van der Waals surface area (Å²) < 4.78 is 18.3. The second-order valence-corrected chi connectivity index (χ2v) is 8.75. The molecule has 1 saturated carbocycles. The van der Waals surface area contributed by atoms with Gasteiger partial charge >= 0.3 is 0 Å². The lowest BCUT2D eigenvalue weighted by Crippen LogP contribution is -2.30. The highest BCUT2D eigenvalue weighted by molar-refractivity contribution is 8.00. The average molecular weight is 426 g/mol. The fourth-order valence-electron chi connectivity index (χ4n) is 3.33. The van der Waals surface area contributed by atoms with Crippen LogP contribution >= 0.6 is 11.8 Å². The van der Waals surface area contributed by atoms with Gasteiger partial charge in [0.25, 0.3) is 0 Å². The molecule has 30 heavy (non-hydrogen) atoms. The second-order valence-electron chi connectivity index (χ2n) is 7.45. The average Bonchev–Trinajstić information content (AvgIpc) is 3.14. The Bertz CT molecular complexity index is 1050. The Labute approximate surface area is 178 Å². The number of benzene rings is 1. The molecular formula is C21H22N4O4S. The fourth-order valence-corrected chi connectivity index (χ4v) is 4.21. The molecule has 1 aromatic carbocycles. The summed E-state index contributed by atoms with van der Waals surface area (Å²) in [5, 5.41) is 12.2. The summed E-state index contributed by atoms with van der Waals surface area (Å²) in [5.41, 5.74) is 0.960. The Balaban J connectivity index is 1.23. The van der Waals surface area contributed by atoms with Gasteiger partial charge in [-0.05, 0) is 49.6 Å². The van der Waals surface area contributed by atoms with Crippen LogP contribution in [0.5, 0.6) is 11.5 Å². The largest absolute Gasteiger partial charge is 0.467 e. The molecule has 0 bridgehead atoms. The zero-order valence-electron chi connectivity index (χ0n) is 16.5. The van der Waals surface area contributed by atoms with Crippen molar-refractivity contribution in [2.24, 2.45) is 0 Å². The number of nitrogens with one attached hydrogen (secondary N) is 1. The molecule has 1 amide bonds. The molecule has 1 atom stereocenters. The minimum absolute atomic E-state index is 0.0572. The van der Waals surface area contributed by atoms with Gasteiger partial charge in [0.2, 0.25) is 12.7 Å². The van der Waals surface area contributed by atoms with E-state index in [4.69, 9.17) is 13.9 Å². The molecule has 1 N–H and O–H groups in total. The highest BCUT2D eigenvalue weighted by Gasteiger charge is 2.31. The molecule has 2 aliphatic rings. The molecule has 8 nitrogen and oxygen atoms in total. The lowest BCUT2D eigenvalue weighted by molar-refractivity contribution is -0.120. The number of furan rings is 1. The first-order valence-electron chi connectivity index (χ1n) is 9.96. The fraction of sp³-hybridized carbons (Fsp3) is 0.381. The SMILES string of the molecule is C[C@H](Sc1nnc(C2CC2)n1Cc1ccco1)C(=O)NCc1ccc2c(c1)OCO2. The number of hydrogen-bond donors (Lipinski definition) is 1. The van der Waals surface area contributed by atoms with Crippen LogP contribution in [-0.2, 0) is 17.9 Å². The van der Waals surface area contributed by atoms with Crippen molar-refractivity contribution in [3.05, 3.63) is 53.7 Å². The lowest BCUT2D eigenvalue weighted by atomic mass is 10.2. The summed E-state index contributed by atoms with van der Waals surface area (Å²) in [7, 11) is 0. The summed E-state index contributed by atoms with van der Waals surface area (Å²) in [5.74, 6) is 3.66.